The number of nitrogens with zero attached hydrogens (tertiary/aromatic N) is 1. The average molecular weight is 398 g/mol. The van der Waals surface area contributed by atoms with Gasteiger partial charge in [0.05, 0.1) is 16.2 Å². The van der Waals surface area contributed by atoms with Crippen LogP contribution < -0.4 is 14.8 Å². The smallest absolute Gasteiger partial charge is 0.331 e. The summed E-state index contributed by atoms with van der Waals surface area (Å²) < 4.78 is 15.8. The van der Waals surface area contributed by atoms with E-state index in [1.54, 1.807) is 18.2 Å². The van der Waals surface area contributed by atoms with Crippen LogP contribution in [0.25, 0.3) is 6.08 Å². The first-order valence-electron chi connectivity index (χ1n) is 8.72. The highest BCUT2D eigenvalue weighted by Gasteiger charge is 2.15. The van der Waals surface area contributed by atoms with Gasteiger partial charge in [0.15, 0.2) is 18.1 Å². The third kappa shape index (κ3) is 5.10. The second-order valence-electron chi connectivity index (χ2n) is 6.10. The number of hydrogen-bond donors (Lipinski definition) is 1. The van der Waals surface area contributed by atoms with Gasteiger partial charge in [0, 0.05) is 12.1 Å². The maximum Gasteiger partial charge on any atom is 0.331 e. The number of carbonyl (C=O) groups excluding carboxylic acids is 2. The minimum atomic E-state index is -0.703. The Morgan fingerprint density at radius 1 is 1.21 bits per heavy atom. The summed E-state index contributed by atoms with van der Waals surface area (Å²) in [5.74, 6) is -0.0666. The van der Waals surface area contributed by atoms with Gasteiger partial charge in [-0.05, 0) is 36.8 Å². The molecule has 0 saturated heterocycles. The lowest BCUT2D eigenvalue weighted by atomic mass is 10.1. The fourth-order valence-corrected chi connectivity index (χ4v) is 2.66. The van der Waals surface area contributed by atoms with E-state index in [1.165, 1.54) is 37.3 Å². The first kappa shape index (κ1) is 19.9. The highest BCUT2D eigenvalue weighted by Crippen LogP contribution is 2.31. The molecule has 2 aromatic carbocycles. The molecule has 0 fully saturated rings. The topological polar surface area (TPSA) is 117 Å². The molecule has 0 aliphatic carbocycles. The van der Waals surface area contributed by atoms with Gasteiger partial charge < -0.3 is 19.5 Å². The molecular weight excluding hydrogens is 380 g/mol. The van der Waals surface area contributed by atoms with Crippen LogP contribution in [0.2, 0.25) is 0 Å². The summed E-state index contributed by atoms with van der Waals surface area (Å²) in [6.07, 6.45) is 2.72. The van der Waals surface area contributed by atoms with E-state index >= 15 is 0 Å². The molecule has 2 aromatic rings. The molecule has 1 aliphatic heterocycles. The number of nitro groups is 1. The van der Waals surface area contributed by atoms with E-state index in [2.05, 4.69) is 5.32 Å². The molecule has 0 radical (unpaired) electrons. The Labute approximate surface area is 166 Å². The quantitative estimate of drug-likeness (QED) is 0.344. The lowest BCUT2D eigenvalue weighted by molar-refractivity contribution is -0.385. The van der Waals surface area contributed by atoms with Crippen molar-refractivity contribution in [3.8, 4) is 11.5 Å². The van der Waals surface area contributed by atoms with Gasteiger partial charge in [-0.2, -0.15) is 0 Å². The highest BCUT2D eigenvalue weighted by molar-refractivity contribution is 5.95. The van der Waals surface area contributed by atoms with Crippen LogP contribution in [0.15, 0.2) is 42.5 Å². The number of anilines is 1. The van der Waals surface area contributed by atoms with Gasteiger partial charge in [0.1, 0.15) is 13.2 Å². The summed E-state index contributed by atoms with van der Waals surface area (Å²) >= 11 is 0. The third-order valence-corrected chi connectivity index (χ3v) is 4.10. The SMILES string of the molecule is Cc1c(NC(=O)COC(=O)/C=C/c2ccc3c(c2)OCCO3)cccc1[N+](=O)[O-]. The van der Waals surface area contributed by atoms with Crippen LogP contribution in [-0.4, -0.2) is 36.6 Å². The van der Waals surface area contributed by atoms with E-state index in [-0.39, 0.29) is 11.4 Å². The fraction of sp³-hybridized carbons (Fsp3) is 0.200. The number of hydrogen-bond acceptors (Lipinski definition) is 7. The predicted octanol–water partition coefficient (Wildman–Crippen LogP) is 2.87. The molecular formula is C20H18N2O7. The molecule has 9 heteroatoms. The summed E-state index contributed by atoms with van der Waals surface area (Å²) in [6.45, 7) is 1.95. The van der Waals surface area contributed by atoms with Crippen molar-refractivity contribution in [2.45, 2.75) is 6.92 Å². The van der Waals surface area contributed by atoms with Gasteiger partial charge in [0.25, 0.3) is 11.6 Å². The van der Waals surface area contributed by atoms with Crippen molar-refractivity contribution in [1.29, 1.82) is 0 Å². The highest BCUT2D eigenvalue weighted by atomic mass is 16.6. The number of carbonyl (C=O) groups is 2. The molecule has 0 spiro atoms. The standard InChI is InChI=1S/C20H18N2O7/c1-13-15(3-2-4-16(13)22(25)26)21-19(23)12-29-20(24)8-6-14-5-7-17-18(11-14)28-10-9-27-17/h2-8,11H,9-10,12H2,1H3,(H,21,23)/b8-6+. The first-order chi connectivity index (χ1) is 13.9. The van der Waals surface area contributed by atoms with E-state index in [4.69, 9.17) is 14.2 Å². The number of amides is 1. The molecule has 1 amide bonds. The van der Waals surface area contributed by atoms with Crippen molar-refractivity contribution in [1.82, 2.24) is 0 Å². The zero-order valence-corrected chi connectivity index (χ0v) is 15.5. The van der Waals surface area contributed by atoms with E-state index in [9.17, 15) is 19.7 Å². The van der Waals surface area contributed by atoms with Crippen molar-refractivity contribution in [3.63, 3.8) is 0 Å². The Kier molecular flexibility index (Phi) is 6.08. The second kappa shape index (κ2) is 8.87. The molecule has 0 unspecified atom stereocenters. The lowest BCUT2D eigenvalue weighted by Gasteiger charge is -2.18. The van der Waals surface area contributed by atoms with E-state index < -0.39 is 23.4 Å². The minimum absolute atomic E-state index is 0.109. The molecule has 29 heavy (non-hydrogen) atoms. The minimum Gasteiger partial charge on any atom is -0.486 e. The zero-order chi connectivity index (χ0) is 20.8. The van der Waals surface area contributed by atoms with Crippen molar-refractivity contribution in [3.05, 3.63) is 63.7 Å². The van der Waals surface area contributed by atoms with Gasteiger partial charge in [-0.25, -0.2) is 4.79 Å². The number of nitro benzene ring substituents is 1. The van der Waals surface area contributed by atoms with Gasteiger partial charge >= 0.3 is 5.97 Å². The summed E-state index contributed by atoms with van der Waals surface area (Å²) in [6, 6.07) is 9.57. The maximum absolute atomic E-state index is 12.0. The van der Waals surface area contributed by atoms with E-state index in [0.717, 1.165) is 0 Å². The second-order valence-corrected chi connectivity index (χ2v) is 6.10. The summed E-state index contributed by atoms with van der Waals surface area (Å²) in [5, 5.41) is 13.4. The molecule has 9 nitrogen and oxygen atoms in total. The Morgan fingerprint density at radius 3 is 2.72 bits per heavy atom. The Balaban J connectivity index is 1.53. The number of nitrogens with one attached hydrogen (secondary N) is 1. The van der Waals surface area contributed by atoms with Crippen molar-refractivity contribution in [2.24, 2.45) is 0 Å². The fourth-order valence-electron chi connectivity index (χ4n) is 2.66. The van der Waals surface area contributed by atoms with Crippen molar-refractivity contribution >= 4 is 29.3 Å². The Bertz CT molecular complexity index is 985. The summed E-state index contributed by atoms with van der Waals surface area (Å²) in [5.41, 5.74) is 1.20. The lowest BCUT2D eigenvalue weighted by Crippen LogP contribution is -2.20. The van der Waals surface area contributed by atoms with Crippen LogP contribution in [0, 0.1) is 17.0 Å². The first-order valence-corrected chi connectivity index (χ1v) is 8.72. The zero-order valence-electron chi connectivity index (χ0n) is 15.5. The number of esters is 1. The average Bonchev–Trinajstić information content (AvgIpc) is 2.72. The number of benzene rings is 2. The van der Waals surface area contributed by atoms with Gasteiger partial charge in [-0.15, -0.1) is 0 Å². The maximum atomic E-state index is 12.0. The molecule has 1 heterocycles. The van der Waals surface area contributed by atoms with Crippen molar-refractivity contribution < 1.29 is 28.7 Å². The molecule has 0 bridgehead atoms. The molecule has 150 valence electrons. The van der Waals surface area contributed by atoms with Gasteiger partial charge in [-0.3, -0.25) is 14.9 Å². The number of fused-ring (bicyclic) bond motifs is 1. The van der Waals surface area contributed by atoms with Crippen molar-refractivity contribution in [2.75, 3.05) is 25.1 Å². The van der Waals surface area contributed by atoms with Crippen LogP contribution in [0.3, 0.4) is 0 Å². The van der Waals surface area contributed by atoms with Crippen LogP contribution in [0.1, 0.15) is 11.1 Å². The molecule has 0 aromatic heterocycles. The van der Waals surface area contributed by atoms with E-state index in [1.807, 2.05) is 0 Å². The molecule has 1 N–H and O–H groups in total. The number of ether oxygens (including phenoxy) is 3. The molecule has 0 saturated carbocycles. The number of rotatable bonds is 6. The van der Waals surface area contributed by atoms with Gasteiger partial charge in [-0.1, -0.05) is 12.1 Å². The van der Waals surface area contributed by atoms with Gasteiger partial charge in [0.2, 0.25) is 0 Å². The monoisotopic (exact) mass is 398 g/mol. The largest absolute Gasteiger partial charge is 0.486 e. The summed E-state index contributed by atoms with van der Waals surface area (Å²) in [7, 11) is 0. The van der Waals surface area contributed by atoms with Crippen LogP contribution >= 0.6 is 0 Å². The Morgan fingerprint density at radius 2 is 1.97 bits per heavy atom. The molecule has 1 aliphatic rings. The third-order valence-electron chi connectivity index (χ3n) is 4.10. The van der Waals surface area contributed by atoms with E-state index in [0.29, 0.717) is 35.8 Å². The van der Waals surface area contributed by atoms with Crippen LogP contribution in [0.4, 0.5) is 11.4 Å². The van der Waals surface area contributed by atoms with Crippen LogP contribution in [0.5, 0.6) is 11.5 Å². The summed E-state index contributed by atoms with van der Waals surface area (Å²) in [4.78, 5) is 34.2. The van der Waals surface area contributed by atoms with Crippen LogP contribution in [-0.2, 0) is 14.3 Å². The molecule has 3 rings (SSSR count). The predicted molar refractivity (Wildman–Crippen MR) is 104 cm³/mol. The molecule has 0 atom stereocenters. The Hall–Kier alpha value is -3.88. The normalized spacial score (nSPS) is 12.4.